The highest BCUT2D eigenvalue weighted by molar-refractivity contribution is 7.99. The van der Waals surface area contributed by atoms with Crippen LogP contribution in [0, 0.1) is 10.1 Å². The first-order valence-corrected chi connectivity index (χ1v) is 11.4. The number of rotatable bonds is 12. The highest BCUT2D eigenvalue weighted by atomic mass is 32.2. The van der Waals surface area contributed by atoms with Gasteiger partial charge in [-0.3, -0.25) is 14.9 Å². The van der Waals surface area contributed by atoms with Crippen molar-refractivity contribution in [2.24, 2.45) is 0 Å². The average molecular weight is 491 g/mol. The number of amides is 1. The van der Waals surface area contributed by atoms with E-state index in [2.05, 4.69) is 5.32 Å². The highest BCUT2D eigenvalue weighted by Crippen LogP contribution is 2.29. The number of nitrogens with one attached hydrogen (secondary N) is 1. The smallest absolute Gasteiger partial charge is 0.224 e. The topological polar surface area (TPSA) is 203 Å². The number of hydrogen-bond donors (Lipinski definition) is 7. The molecule has 12 nitrogen and oxygen atoms in total. The Morgan fingerprint density at radius 2 is 1.82 bits per heavy atom. The zero-order valence-corrected chi connectivity index (χ0v) is 18.5. The predicted molar refractivity (Wildman–Crippen MR) is 117 cm³/mol. The average Bonchev–Trinajstić information content (AvgIpc) is 2.79. The van der Waals surface area contributed by atoms with Crippen LogP contribution >= 0.6 is 11.8 Å². The predicted octanol–water partition coefficient (Wildman–Crippen LogP) is -2.36. The first-order valence-electron chi connectivity index (χ1n) is 10.4. The van der Waals surface area contributed by atoms with Gasteiger partial charge in [-0.2, -0.15) is 0 Å². The summed E-state index contributed by atoms with van der Waals surface area (Å²) in [6, 6.07) is 7.69. The second kappa shape index (κ2) is 13.2. The van der Waals surface area contributed by atoms with Crippen molar-refractivity contribution in [2.75, 3.05) is 18.9 Å². The number of nitro groups is 1. The van der Waals surface area contributed by atoms with E-state index in [1.165, 1.54) is 0 Å². The quantitative estimate of drug-likeness (QED) is 0.122. The molecule has 1 aliphatic heterocycles. The molecule has 13 heteroatoms. The third-order valence-corrected chi connectivity index (χ3v) is 6.53. The Kier molecular flexibility index (Phi) is 10.9. The Balaban J connectivity index is 2.07. The van der Waals surface area contributed by atoms with Crippen molar-refractivity contribution in [1.29, 1.82) is 0 Å². The van der Waals surface area contributed by atoms with Crippen molar-refractivity contribution < 1.29 is 45.1 Å². The maximum atomic E-state index is 12.5. The van der Waals surface area contributed by atoms with E-state index < -0.39 is 72.1 Å². The Bertz CT molecular complexity index is 756. The number of carbonyl (C=O) groups is 1. The molecule has 0 bridgehead atoms. The Hall–Kier alpha value is -1.84. The van der Waals surface area contributed by atoms with Gasteiger partial charge in [-0.05, 0) is 5.56 Å². The molecule has 1 aromatic rings. The van der Waals surface area contributed by atoms with Gasteiger partial charge in [0, 0.05) is 17.1 Å². The van der Waals surface area contributed by atoms with Crippen LogP contribution in [0.3, 0.4) is 0 Å². The molecule has 0 saturated carbocycles. The van der Waals surface area contributed by atoms with Gasteiger partial charge < -0.3 is 40.7 Å². The molecular weight excluding hydrogens is 460 g/mol. The SMILES string of the molecule is O=C(Cc1ccccc1)NC(CSC1OC(CO)C(O)C(O)C1O)C(O)C(O)CC[N+](=O)[O-]. The molecule has 0 aliphatic carbocycles. The summed E-state index contributed by atoms with van der Waals surface area (Å²) in [5, 5.41) is 73.3. The fraction of sp³-hybridized carbons (Fsp3) is 0.650. The molecule has 0 radical (unpaired) electrons. The standard InChI is InChI=1S/C20H30N2O10S/c23-9-14-17(27)18(28)19(29)20(32-14)33-10-12(16(26)13(24)6-7-22(30)31)21-15(25)8-11-4-2-1-3-5-11/h1-5,12-14,16-20,23-24,26-29H,6-10H2,(H,21,25). The van der Waals surface area contributed by atoms with E-state index in [1.807, 2.05) is 0 Å². The van der Waals surface area contributed by atoms with Gasteiger partial charge in [0.15, 0.2) is 0 Å². The van der Waals surface area contributed by atoms with Crippen LogP contribution in [0.1, 0.15) is 12.0 Å². The van der Waals surface area contributed by atoms with E-state index in [0.29, 0.717) is 5.56 Å². The van der Waals surface area contributed by atoms with Gasteiger partial charge in [-0.1, -0.05) is 30.3 Å². The molecule has 1 amide bonds. The normalized spacial score (nSPS) is 28.0. The molecule has 0 aromatic heterocycles. The molecule has 8 unspecified atom stereocenters. The molecule has 8 atom stereocenters. The van der Waals surface area contributed by atoms with Crippen LogP contribution in [0.15, 0.2) is 30.3 Å². The number of nitrogens with zero attached hydrogens (tertiary/aromatic N) is 1. The van der Waals surface area contributed by atoms with Crippen LogP contribution in [0.25, 0.3) is 0 Å². The molecule has 1 fully saturated rings. The lowest BCUT2D eigenvalue weighted by Crippen LogP contribution is -2.58. The minimum atomic E-state index is -1.59. The summed E-state index contributed by atoms with van der Waals surface area (Å²) in [5.74, 6) is -0.582. The molecule has 0 spiro atoms. The number of thioether (sulfide) groups is 1. The van der Waals surface area contributed by atoms with Crippen molar-refractivity contribution >= 4 is 17.7 Å². The summed E-state index contributed by atoms with van der Waals surface area (Å²) >= 11 is 0.883. The van der Waals surface area contributed by atoms with Gasteiger partial charge in [0.25, 0.3) is 0 Å². The number of hydrogen-bond acceptors (Lipinski definition) is 11. The Morgan fingerprint density at radius 3 is 2.42 bits per heavy atom. The number of carbonyl (C=O) groups excluding carboxylic acids is 1. The first kappa shape index (κ1) is 27.4. The number of benzene rings is 1. The van der Waals surface area contributed by atoms with Gasteiger partial charge >= 0.3 is 0 Å². The third-order valence-electron chi connectivity index (χ3n) is 5.26. The maximum Gasteiger partial charge on any atom is 0.224 e. The van der Waals surface area contributed by atoms with Crippen LogP contribution in [0.5, 0.6) is 0 Å². The van der Waals surface area contributed by atoms with Crippen LogP contribution in [-0.4, -0.2) is 108 Å². The Labute approximate surface area is 194 Å². The fourth-order valence-corrected chi connectivity index (χ4v) is 4.60. The van der Waals surface area contributed by atoms with Crippen molar-refractivity contribution in [2.45, 2.75) is 60.9 Å². The van der Waals surface area contributed by atoms with Crippen LogP contribution in [0.2, 0.25) is 0 Å². The van der Waals surface area contributed by atoms with Crippen molar-refractivity contribution in [1.82, 2.24) is 5.32 Å². The zero-order chi connectivity index (χ0) is 24.5. The molecule has 186 valence electrons. The summed E-state index contributed by atoms with van der Waals surface area (Å²) in [6.45, 7) is -1.19. The summed E-state index contributed by atoms with van der Waals surface area (Å²) < 4.78 is 5.41. The van der Waals surface area contributed by atoms with Crippen molar-refractivity contribution in [3.8, 4) is 0 Å². The van der Waals surface area contributed by atoms with Crippen LogP contribution in [0.4, 0.5) is 0 Å². The van der Waals surface area contributed by atoms with Crippen molar-refractivity contribution in [3.05, 3.63) is 46.0 Å². The van der Waals surface area contributed by atoms with Gasteiger partial charge in [0.2, 0.25) is 12.5 Å². The van der Waals surface area contributed by atoms with E-state index in [-0.39, 0.29) is 18.6 Å². The Morgan fingerprint density at radius 1 is 1.15 bits per heavy atom. The van der Waals surface area contributed by atoms with E-state index >= 15 is 0 Å². The van der Waals surface area contributed by atoms with Gasteiger partial charge in [0.1, 0.15) is 36.0 Å². The zero-order valence-electron chi connectivity index (χ0n) is 17.7. The van der Waals surface area contributed by atoms with E-state index in [9.17, 15) is 45.5 Å². The van der Waals surface area contributed by atoms with E-state index in [4.69, 9.17) is 4.74 Å². The number of ether oxygens (including phenoxy) is 1. The molecule has 1 aromatic carbocycles. The minimum Gasteiger partial charge on any atom is -0.394 e. The second-order valence-electron chi connectivity index (χ2n) is 7.77. The second-order valence-corrected chi connectivity index (χ2v) is 8.90. The molecule has 33 heavy (non-hydrogen) atoms. The van der Waals surface area contributed by atoms with Gasteiger partial charge in [-0.25, -0.2) is 0 Å². The third kappa shape index (κ3) is 8.15. The summed E-state index contributed by atoms with van der Waals surface area (Å²) in [5.41, 5.74) is -0.407. The molecule has 1 saturated heterocycles. The summed E-state index contributed by atoms with van der Waals surface area (Å²) in [4.78, 5) is 22.5. The van der Waals surface area contributed by atoms with E-state index in [1.54, 1.807) is 30.3 Å². The lowest BCUT2D eigenvalue weighted by Gasteiger charge is -2.40. The summed E-state index contributed by atoms with van der Waals surface area (Å²) in [6.07, 6.45) is -9.20. The number of aliphatic hydroxyl groups is 6. The molecule has 1 aliphatic rings. The maximum absolute atomic E-state index is 12.5. The molecular formula is C20H30N2O10S. The summed E-state index contributed by atoms with van der Waals surface area (Å²) in [7, 11) is 0. The molecule has 2 rings (SSSR count). The van der Waals surface area contributed by atoms with E-state index in [0.717, 1.165) is 11.8 Å². The largest absolute Gasteiger partial charge is 0.394 e. The number of aliphatic hydroxyl groups excluding tert-OH is 6. The monoisotopic (exact) mass is 490 g/mol. The highest BCUT2D eigenvalue weighted by Gasteiger charge is 2.44. The molecule has 1 heterocycles. The van der Waals surface area contributed by atoms with Gasteiger partial charge in [-0.15, -0.1) is 11.8 Å². The van der Waals surface area contributed by atoms with Gasteiger partial charge in [0.05, 0.1) is 25.2 Å². The van der Waals surface area contributed by atoms with Crippen LogP contribution in [-0.2, 0) is 16.0 Å². The lowest BCUT2D eigenvalue weighted by atomic mass is 10.0. The molecule has 7 N–H and O–H groups in total. The van der Waals surface area contributed by atoms with Crippen LogP contribution < -0.4 is 5.32 Å². The lowest BCUT2D eigenvalue weighted by molar-refractivity contribution is -0.482. The fourth-order valence-electron chi connectivity index (χ4n) is 3.34. The minimum absolute atomic E-state index is 0.0141. The first-order chi connectivity index (χ1) is 15.6. The van der Waals surface area contributed by atoms with Crippen molar-refractivity contribution in [3.63, 3.8) is 0 Å².